The SMILES string of the molecule is CC(C)OP(=O)(O)Cl.C[C@H](N)C(=O)O. The molecule has 6 nitrogen and oxygen atoms in total. The molecule has 0 saturated heterocycles. The maximum absolute atomic E-state index is 10.1. The van der Waals surface area contributed by atoms with E-state index in [4.69, 9.17) is 27.0 Å². The lowest BCUT2D eigenvalue weighted by molar-refractivity contribution is -0.138. The summed E-state index contributed by atoms with van der Waals surface area (Å²) in [5.41, 5.74) is 4.84. The molecular weight excluding hydrogens is 232 g/mol. The van der Waals surface area contributed by atoms with Gasteiger partial charge in [-0.2, -0.15) is 0 Å². The van der Waals surface area contributed by atoms with Gasteiger partial charge in [-0.15, -0.1) is 0 Å². The third-order valence-corrected chi connectivity index (χ3v) is 1.65. The van der Waals surface area contributed by atoms with Crippen molar-refractivity contribution in [1.29, 1.82) is 0 Å². The van der Waals surface area contributed by atoms with E-state index in [1.165, 1.54) is 6.92 Å². The van der Waals surface area contributed by atoms with Crippen LogP contribution in [0.15, 0.2) is 0 Å². The van der Waals surface area contributed by atoms with Gasteiger partial charge in [0.25, 0.3) is 0 Å². The number of carboxylic acids is 1. The van der Waals surface area contributed by atoms with Crippen molar-refractivity contribution >= 4 is 24.2 Å². The molecule has 0 aliphatic heterocycles. The third kappa shape index (κ3) is 17.8. The first-order valence-electron chi connectivity index (χ1n) is 3.75. The van der Waals surface area contributed by atoms with Gasteiger partial charge in [-0.05, 0) is 20.8 Å². The molecule has 0 rings (SSSR count). The van der Waals surface area contributed by atoms with Crippen molar-refractivity contribution in [2.45, 2.75) is 32.9 Å². The van der Waals surface area contributed by atoms with E-state index in [-0.39, 0.29) is 6.10 Å². The molecule has 86 valence electrons. The van der Waals surface area contributed by atoms with Crippen LogP contribution in [0.4, 0.5) is 0 Å². The summed E-state index contributed by atoms with van der Waals surface area (Å²) >= 11 is 4.82. The Morgan fingerprint density at radius 3 is 1.79 bits per heavy atom. The van der Waals surface area contributed by atoms with Crippen LogP contribution in [0.25, 0.3) is 0 Å². The molecule has 0 heterocycles. The van der Waals surface area contributed by atoms with Crippen molar-refractivity contribution in [1.82, 2.24) is 0 Å². The van der Waals surface area contributed by atoms with Crippen LogP contribution in [0, 0.1) is 0 Å². The van der Waals surface area contributed by atoms with E-state index in [1.807, 2.05) is 0 Å². The molecule has 0 radical (unpaired) electrons. The van der Waals surface area contributed by atoms with Crippen LogP contribution >= 0.6 is 18.2 Å². The molecule has 0 aliphatic rings. The molecule has 0 spiro atoms. The fourth-order valence-corrected chi connectivity index (χ4v) is 1.26. The lowest BCUT2D eigenvalue weighted by Gasteiger charge is -2.05. The summed E-state index contributed by atoms with van der Waals surface area (Å²) in [5, 5.41) is 7.87. The minimum absolute atomic E-state index is 0.302. The van der Waals surface area contributed by atoms with Gasteiger partial charge in [0.1, 0.15) is 6.04 Å². The quantitative estimate of drug-likeness (QED) is 0.646. The Hall–Kier alpha value is -0.130. The summed E-state index contributed by atoms with van der Waals surface area (Å²) in [4.78, 5) is 17.9. The van der Waals surface area contributed by atoms with Crippen LogP contribution in [-0.4, -0.2) is 28.1 Å². The van der Waals surface area contributed by atoms with E-state index in [1.54, 1.807) is 13.8 Å². The van der Waals surface area contributed by atoms with Gasteiger partial charge in [0, 0.05) is 11.2 Å². The van der Waals surface area contributed by atoms with E-state index in [2.05, 4.69) is 4.52 Å². The highest BCUT2D eigenvalue weighted by molar-refractivity contribution is 7.80. The summed E-state index contributed by atoms with van der Waals surface area (Å²) in [7, 11) is 0. The van der Waals surface area contributed by atoms with Crippen LogP contribution in [0.1, 0.15) is 20.8 Å². The summed E-state index contributed by atoms with van der Waals surface area (Å²) < 4.78 is 14.4. The molecule has 8 heteroatoms. The third-order valence-electron chi connectivity index (χ3n) is 0.730. The van der Waals surface area contributed by atoms with Crippen LogP contribution in [0.2, 0.25) is 0 Å². The van der Waals surface area contributed by atoms with E-state index < -0.39 is 19.0 Å². The van der Waals surface area contributed by atoms with E-state index in [0.717, 1.165) is 0 Å². The average Bonchev–Trinajstić information content (AvgIpc) is 1.81. The van der Waals surface area contributed by atoms with Gasteiger partial charge in [0.2, 0.25) is 0 Å². The lowest BCUT2D eigenvalue weighted by Crippen LogP contribution is -2.25. The highest BCUT2D eigenvalue weighted by atomic mass is 35.7. The second-order valence-electron chi connectivity index (χ2n) is 2.73. The Kier molecular flexibility index (Phi) is 8.39. The van der Waals surface area contributed by atoms with Gasteiger partial charge >= 0.3 is 12.9 Å². The monoisotopic (exact) mass is 247 g/mol. The second kappa shape index (κ2) is 7.20. The number of hydrogen-bond donors (Lipinski definition) is 3. The smallest absolute Gasteiger partial charge is 0.421 e. The lowest BCUT2D eigenvalue weighted by atomic mass is 10.4. The maximum atomic E-state index is 10.1. The average molecular weight is 248 g/mol. The van der Waals surface area contributed by atoms with Crippen LogP contribution in [-0.2, 0) is 13.9 Å². The highest BCUT2D eigenvalue weighted by Crippen LogP contribution is 2.48. The zero-order valence-corrected chi connectivity index (χ0v) is 9.83. The Morgan fingerprint density at radius 1 is 1.50 bits per heavy atom. The van der Waals surface area contributed by atoms with Crippen molar-refractivity contribution < 1.29 is 23.9 Å². The highest BCUT2D eigenvalue weighted by Gasteiger charge is 2.15. The molecule has 2 atom stereocenters. The molecule has 0 aliphatic carbocycles. The van der Waals surface area contributed by atoms with Gasteiger partial charge in [-0.25, -0.2) is 4.57 Å². The molecule has 4 N–H and O–H groups in total. The number of carboxylic acid groups (broad SMARTS) is 1. The minimum Gasteiger partial charge on any atom is -0.480 e. The van der Waals surface area contributed by atoms with Crippen molar-refractivity contribution in [3.05, 3.63) is 0 Å². The first-order valence-corrected chi connectivity index (χ1v) is 6.23. The van der Waals surface area contributed by atoms with Crippen LogP contribution < -0.4 is 5.73 Å². The summed E-state index contributed by atoms with van der Waals surface area (Å²) in [6.07, 6.45) is -0.302. The maximum Gasteiger partial charge on any atom is 0.421 e. The number of nitrogens with two attached hydrogens (primary N) is 1. The number of aliphatic carboxylic acids is 1. The number of halogens is 1. The van der Waals surface area contributed by atoms with Gasteiger partial charge in [0.05, 0.1) is 6.10 Å². The molecule has 0 fully saturated rings. The first-order chi connectivity index (χ1) is 6.06. The largest absolute Gasteiger partial charge is 0.480 e. The molecule has 0 aromatic heterocycles. The molecule has 0 bridgehead atoms. The van der Waals surface area contributed by atoms with Crippen molar-refractivity contribution in [2.75, 3.05) is 0 Å². The summed E-state index contributed by atoms with van der Waals surface area (Å²) in [6.45, 7) is 0.930. The predicted octanol–water partition coefficient (Wildman–Crippen LogP) is 1.17. The fourth-order valence-electron chi connectivity index (χ4n) is 0.260. The first kappa shape index (κ1) is 16.3. The predicted molar refractivity (Wildman–Crippen MR) is 53.2 cm³/mol. The van der Waals surface area contributed by atoms with Gasteiger partial charge in [0.15, 0.2) is 0 Å². The fraction of sp³-hybridized carbons (Fsp3) is 0.833. The molecule has 0 amide bonds. The number of rotatable bonds is 3. The number of hydrogen-bond acceptors (Lipinski definition) is 4. The Labute approximate surface area is 87.3 Å². The Bertz CT molecular complexity index is 214. The van der Waals surface area contributed by atoms with E-state index >= 15 is 0 Å². The normalized spacial score (nSPS) is 16.5. The molecule has 0 aromatic carbocycles. The topological polar surface area (TPSA) is 110 Å². The van der Waals surface area contributed by atoms with Crippen molar-refractivity contribution in [2.24, 2.45) is 5.73 Å². The molecule has 0 aromatic rings. The molecule has 14 heavy (non-hydrogen) atoms. The zero-order valence-electron chi connectivity index (χ0n) is 8.18. The van der Waals surface area contributed by atoms with E-state index in [9.17, 15) is 9.36 Å². The summed E-state index contributed by atoms with van der Waals surface area (Å²) in [5.74, 6) is -0.963. The summed E-state index contributed by atoms with van der Waals surface area (Å²) in [6, 6.07) is -0.731. The molecule has 1 unspecified atom stereocenters. The van der Waals surface area contributed by atoms with Gasteiger partial charge < -0.3 is 15.7 Å². The Balaban J connectivity index is 0. The van der Waals surface area contributed by atoms with Gasteiger partial charge in [-0.3, -0.25) is 9.32 Å². The van der Waals surface area contributed by atoms with Crippen molar-refractivity contribution in [3.8, 4) is 0 Å². The minimum atomic E-state index is -3.75. The second-order valence-corrected chi connectivity index (χ2v) is 5.13. The van der Waals surface area contributed by atoms with Crippen LogP contribution in [0.5, 0.6) is 0 Å². The molecular formula is C6H15ClNO5P. The van der Waals surface area contributed by atoms with Crippen molar-refractivity contribution in [3.63, 3.8) is 0 Å². The van der Waals surface area contributed by atoms with Gasteiger partial charge in [-0.1, -0.05) is 0 Å². The Morgan fingerprint density at radius 2 is 1.79 bits per heavy atom. The standard InChI is InChI=1S/C3H8ClO3P.C3H7NO2/c1-3(2)7-8(4,5)6;1-2(4)3(5)6/h3H,1-2H3,(H,5,6);2H,4H2,1H3,(H,5,6)/t;2-/m.0/s1. The van der Waals surface area contributed by atoms with Crippen LogP contribution in [0.3, 0.4) is 0 Å². The molecule has 0 saturated carbocycles. The number of carbonyl (C=O) groups is 1. The zero-order chi connectivity index (χ0) is 11.9. The van der Waals surface area contributed by atoms with E-state index in [0.29, 0.717) is 0 Å².